The molecule has 2 aliphatic heterocycles. The van der Waals surface area contributed by atoms with Crippen LogP contribution in [0.4, 0.5) is 15.1 Å². The average molecular weight is 587 g/mol. The number of amides is 2. The Morgan fingerprint density at radius 2 is 2.07 bits per heavy atom. The molecule has 0 spiro atoms. The number of aliphatic hydroxyl groups is 1. The molecule has 3 aromatic rings. The van der Waals surface area contributed by atoms with E-state index < -0.39 is 30.4 Å². The third-order valence-corrected chi connectivity index (χ3v) is 7.69. The normalized spacial score (nSPS) is 17.1. The topological polar surface area (TPSA) is 131 Å². The van der Waals surface area contributed by atoms with E-state index in [1.807, 2.05) is 6.07 Å². The minimum Gasteiger partial charge on any atom is -0.497 e. The molecule has 4 heterocycles. The molecule has 0 saturated carbocycles. The molecule has 11 nitrogen and oxygen atoms in total. The van der Waals surface area contributed by atoms with Gasteiger partial charge < -0.3 is 30.1 Å². The van der Waals surface area contributed by atoms with Crippen LogP contribution in [0.5, 0.6) is 5.75 Å². The lowest BCUT2D eigenvalue weighted by Crippen LogP contribution is -2.53. The van der Waals surface area contributed by atoms with Crippen LogP contribution in [0, 0.1) is 5.82 Å². The lowest BCUT2D eigenvalue weighted by atomic mass is 10.1. The van der Waals surface area contributed by atoms with Crippen molar-refractivity contribution < 1.29 is 28.6 Å². The number of carbonyl (C=O) groups is 2. The van der Waals surface area contributed by atoms with Crippen LogP contribution in [0.15, 0.2) is 36.7 Å². The fourth-order valence-corrected chi connectivity index (χ4v) is 5.27. The summed E-state index contributed by atoms with van der Waals surface area (Å²) in [6.45, 7) is 2.82. The summed E-state index contributed by atoms with van der Waals surface area (Å²) in [7, 11) is 1.40. The molecule has 0 aliphatic carbocycles. The highest BCUT2D eigenvalue weighted by Gasteiger charge is 2.33. The van der Waals surface area contributed by atoms with Gasteiger partial charge in [-0.25, -0.2) is 19.2 Å². The number of benzene rings is 1. The molecule has 41 heavy (non-hydrogen) atoms. The standard InChI is InChI=1S/C28H32ClFN6O5/c1-16(26(38)33-24(15-37)17-9-19(30)12-22(11-17)40-2)35-6-3-21-10-18(14-36(21)28(35)39)25-23(29)13-31-27(34-25)32-20-4-7-41-8-5-20/h9-14,16,20,24,37H,3-8,15H2,1-2H3,(H,33,38)(H,31,32,34)/t16-,24+/m0/s1. The molecule has 2 aliphatic rings. The van der Waals surface area contributed by atoms with Gasteiger partial charge in [0.1, 0.15) is 17.6 Å². The molecule has 1 fully saturated rings. The quantitative estimate of drug-likeness (QED) is 0.348. The van der Waals surface area contributed by atoms with Gasteiger partial charge in [-0.05, 0) is 43.5 Å². The van der Waals surface area contributed by atoms with E-state index in [2.05, 4.69) is 20.6 Å². The van der Waals surface area contributed by atoms with E-state index in [0.717, 1.165) is 18.5 Å². The Labute approximate surface area is 241 Å². The van der Waals surface area contributed by atoms with Crippen LogP contribution in [0.3, 0.4) is 0 Å². The summed E-state index contributed by atoms with van der Waals surface area (Å²) in [5, 5.41) is 16.3. The predicted molar refractivity (Wildman–Crippen MR) is 150 cm³/mol. The summed E-state index contributed by atoms with van der Waals surface area (Å²) < 4.78 is 26.0. The maximum absolute atomic E-state index is 14.0. The zero-order chi connectivity index (χ0) is 29.1. The Morgan fingerprint density at radius 3 is 2.80 bits per heavy atom. The van der Waals surface area contributed by atoms with Crippen molar-refractivity contribution in [2.24, 2.45) is 0 Å². The second-order valence-electron chi connectivity index (χ2n) is 10.1. The van der Waals surface area contributed by atoms with Gasteiger partial charge in [-0.15, -0.1) is 0 Å². The number of aliphatic hydroxyl groups excluding tert-OH is 1. The minimum absolute atomic E-state index is 0.205. The van der Waals surface area contributed by atoms with E-state index in [1.54, 1.807) is 13.1 Å². The number of nitrogens with zero attached hydrogens (tertiary/aromatic N) is 4. The Balaban J connectivity index is 1.30. The molecule has 3 N–H and O–H groups in total. The Kier molecular flexibility index (Phi) is 8.71. The number of carbonyl (C=O) groups excluding carboxylic acids is 2. The molecule has 2 amide bonds. The highest BCUT2D eigenvalue weighted by Crippen LogP contribution is 2.30. The van der Waals surface area contributed by atoms with Gasteiger partial charge in [0.15, 0.2) is 0 Å². The highest BCUT2D eigenvalue weighted by molar-refractivity contribution is 6.32. The van der Waals surface area contributed by atoms with Crippen molar-refractivity contribution in [3.63, 3.8) is 0 Å². The molecule has 2 aromatic heterocycles. The molecule has 2 atom stereocenters. The van der Waals surface area contributed by atoms with Gasteiger partial charge in [-0.1, -0.05) is 11.6 Å². The number of rotatable bonds is 9. The van der Waals surface area contributed by atoms with Crippen molar-refractivity contribution in [3.05, 3.63) is 58.8 Å². The van der Waals surface area contributed by atoms with E-state index in [9.17, 15) is 19.1 Å². The van der Waals surface area contributed by atoms with Gasteiger partial charge in [-0.3, -0.25) is 9.36 Å². The number of halogens is 2. The van der Waals surface area contributed by atoms with Crippen molar-refractivity contribution in [2.45, 2.75) is 44.3 Å². The number of methoxy groups -OCH3 is 1. The lowest BCUT2D eigenvalue weighted by molar-refractivity contribution is -0.126. The van der Waals surface area contributed by atoms with E-state index in [-0.39, 0.29) is 17.8 Å². The molecule has 218 valence electrons. The maximum Gasteiger partial charge on any atom is 0.329 e. The maximum atomic E-state index is 14.0. The smallest absolute Gasteiger partial charge is 0.329 e. The summed E-state index contributed by atoms with van der Waals surface area (Å²) in [4.78, 5) is 37.0. The van der Waals surface area contributed by atoms with Crippen LogP contribution in [0.2, 0.25) is 5.02 Å². The average Bonchev–Trinajstić information content (AvgIpc) is 3.42. The largest absolute Gasteiger partial charge is 0.497 e. The first-order valence-corrected chi connectivity index (χ1v) is 13.8. The third kappa shape index (κ3) is 6.29. The first-order valence-electron chi connectivity index (χ1n) is 13.4. The first-order chi connectivity index (χ1) is 19.8. The van der Waals surface area contributed by atoms with Crippen LogP contribution in [0.25, 0.3) is 11.3 Å². The monoisotopic (exact) mass is 586 g/mol. The molecule has 0 unspecified atom stereocenters. The van der Waals surface area contributed by atoms with Crippen LogP contribution >= 0.6 is 11.6 Å². The number of aromatic nitrogens is 3. The summed E-state index contributed by atoms with van der Waals surface area (Å²) in [5.41, 5.74) is 2.27. The number of hydrogen-bond donors (Lipinski definition) is 3. The van der Waals surface area contributed by atoms with Gasteiger partial charge in [-0.2, -0.15) is 0 Å². The fraction of sp³-hybridized carbons (Fsp3) is 0.429. The molecule has 0 bridgehead atoms. The van der Waals surface area contributed by atoms with E-state index in [1.165, 1.54) is 41.0 Å². The molecule has 1 aromatic carbocycles. The Hall–Kier alpha value is -3.74. The first kappa shape index (κ1) is 28.8. The SMILES string of the molecule is COc1cc(F)cc([C@@H](CO)NC(=O)[C@H](C)N2CCc3cc(-c4nc(NC5CCOCC5)ncc4Cl)cn3C2=O)c1. The van der Waals surface area contributed by atoms with Crippen molar-refractivity contribution in [2.75, 3.05) is 38.8 Å². The van der Waals surface area contributed by atoms with Crippen molar-refractivity contribution in [1.82, 2.24) is 24.8 Å². The van der Waals surface area contributed by atoms with Crippen LogP contribution in [-0.4, -0.2) is 82.0 Å². The van der Waals surface area contributed by atoms with Gasteiger partial charge in [0.2, 0.25) is 11.9 Å². The number of anilines is 1. The molecular weight excluding hydrogens is 555 g/mol. The Bertz CT molecular complexity index is 1430. The van der Waals surface area contributed by atoms with Crippen molar-refractivity contribution >= 4 is 29.5 Å². The predicted octanol–water partition coefficient (Wildman–Crippen LogP) is 3.40. The highest BCUT2D eigenvalue weighted by atomic mass is 35.5. The van der Waals surface area contributed by atoms with Crippen molar-refractivity contribution in [1.29, 1.82) is 0 Å². The minimum atomic E-state index is -0.882. The van der Waals surface area contributed by atoms with E-state index in [4.69, 9.17) is 21.1 Å². The number of ether oxygens (including phenoxy) is 2. The third-order valence-electron chi connectivity index (χ3n) is 7.41. The molecule has 0 radical (unpaired) electrons. The summed E-state index contributed by atoms with van der Waals surface area (Å²) in [5.74, 6) is -0.331. The molecular formula is C28H32ClFN6O5. The lowest BCUT2D eigenvalue weighted by Gasteiger charge is -2.33. The van der Waals surface area contributed by atoms with Gasteiger partial charge in [0, 0.05) is 55.7 Å². The van der Waals surface area contributed by atoms with E-state index in [0.29, 0.717) is 54.0 Å². The van der Waals surface area contributed by atoms with E-state index >= 15 is 0 Å². The summed E-state index contributed by atoms with van der Waals surface area (Å²) in [6.07, 6.45) is 5.41. The van der Waals surface area contributed by atoms with Crippen LogP contribution in [0.1, 0.15) is 37.1 Å². The second kappa shape index (κ2) is 12.4. The Morgan fingerprint density at radius 1 is 1.29 bits per heavy atom. The number of fused-ring (bicyclic) bond motifs is 1. The zero-order valence-corrected chi connectivity index (χ0v) is 23.5. The van der Waals surface area contributed by atoms with Gasteiger partial charge >= 0.3 is 6.03 Å². The number of hydrogen-bond acceptors (Lipinski definition) is 8. The molecule has 1 saturated heterocycles. The van der Waals surface area contributed by atoms with Crippen molar-refractivity contribution in [3.8, 4) is 17.0 Å². The second-order valence-corrected chi connectivity index (χ2v) is 10.5. The molecule has 13 heteroatoms. The molecule has 5 rings (SSSR count). The van der Waals surface area contributed by atoms with Crippen LogP contribution < -0.4 is 15.4 Å². The van der Waals surface area contributed by atoms with Gasteiger partial charge in [0.25, 0.3) is 0 Å². The zero-order valence-electron chi connectivity index (χ0n) is 22.8. The summed E-state index contributed by atoms with van der Waals surface area (Å²) >= 11 is 6.45. The fourth-order valence-electron chi connectivity index (χ4n) is 5.07. The van der Waals surface area contributed by atoms with Crippen LogP contribution in [-0.2, 0) is 16.0 Å². The summed E-state index contributed by atoms with van der Waals surface area (Å²) in [6, 6.07) is 3.92. The number of nitrogens with one attached hydrogen (secondary N) is 2. The van der Waals surface area contributed by atoms with Gasteiger partial charge in [0.05, 0.1) is 36.7 Å².